The highest BCUT2D eigenvalue weighted by Crippen LogP contribution is 2.39. The first-order chi connectivity index (χ1) is 19.2. The maximum absolute atomic E-state index is 12.6. The van der Waals surface area contributed by atoms with Gasteiger partial charge < -0.3 is 34.5 Å². The van der Waals surface area contributed by atoms with Crippen LogP contribution in [0.4, 0.5) is 24.9 Å². The second-order valence-electron chi connectivity index (χ2n) is 10.1. The molecule has 1 aromatic carbocycles. The lowest BCUT2D eigenvalue weighted by Crippen LogP contribution is -2.47. The molecule has 3 atom stereocenters. The zero-order valence-electron chi connectivity index (χ0n) is 21.2. The predicted octanol–water partition coefficient (Wildman–Crippen LogP) is 3.61. The van der Waals surface area contributed by atoms with Gasteiger partial charge in [0.15, 0.2) is 0 Å². The van der Waals surface area contributed by atoms with E-state index in [9.17, 15) is 23.3 Å². The molecule has 0 aliphatic carbocycles. The predicted molar refractivity (Wildman–Crippen MR) is 133 cm³/mol. The SMILES string of the molecule is O=[N+]([O-])c1cn2c(n1)OC[C@@H](NCc1cnc(N3C4CCC3CC(Oc3cccc(OC(F)(F)F)c3)C4)nc1)C2. The summed E-state index contributed by atoms with van der Waals surface area (Å²) in [7, 11) is 0. The number of hydrogen-bond acceptors (Lipinski definition) is 10. The second-order valence-corrected chi connectivity index (χ2v) is 10.1. The molecule has 0 amide bonds. The van der Waals surface area contributed by atoms with Crippen molar-refractivity contribution in [1.29, 1.82) is 0 Å². The Morgan fingerprint density at radius 2 is 1.88 bits per heavy atom. The van der Waals surface area contributed by atoms with Crippen LogP contribution in [-0.2, 0) is 13.1 Å². The van der Waals surface area contributed by atoms with Crippen LogP contribution in [0.25, 0.3) is 0 Å². The number of fused-ring (bicyclic) bond motifs is 3. The van der Waals surface area contributed by atoms with Crippen molar-refractivity contribution in [3.05, 3.63) is 58.5 Å². The summed E-state index contributed by atoms with van der Waals surface area (Å²) < 4.78 is 54.9. The molecule has 3 aliphatic rings. The van der Waals surface area contributed by atoms with Crippen LogP contribution in [-0.4, -0.2) is 61.6 Å². The Morgan fingerprint density at radius 3 is 2.58 bits per heavy atom. The van der Waals surface area contributed by atoms with E-state index in [1.54, 1.807) is 23.0 Å². The van der Waals surface area contributed by atoms with Gasteiger partial charge in [0.05, 0.1) is 6.04 Å². The van der Waals surface area contributed by atoms with Crippen molar-refractivity contribution in [2.24, 2.45) is 0 Å². The molecule has 2 unspecified atom stereocenters. The molecule has 212 valence electrons. The Bertz CT molecular complexity index is 1360. The van der Waals surface area contributed by atoms with Crippen LogP contribution < -0.4 is 24.4 Å². The average Bonchev–Trinajstić information content (AvgIpc) is 3.45. The fourth-order valence-electron chi connectivity index (χ4n) is 5.63. The summed E-state index contributed by atoms with van der Waals surface area (Å²) in [6, 6.07) is 6.15. The van der Waals surface area contributed by atoms with Crippen molar-refractivity contribution >= 4 is 11.8 Å². The minimum Gasteiger partial charge on any atom is -0.490 e. The van der Waals surface area contributed by atoms with Gasteiger partial charge in [-0.2, -0.15) is 0 Å². The van der Waals surface area contributed by atoms with Crippen molar-refractivity contribution in [3.63, 3.8) is 0 Å². The lowest BCUT2D eigenvalue weighted by Gasteiger charge is -2.38. The molecular formula is C25H26F3N7O5. The van der Waals surface area contributed by atoms with E-state index in [1.165, 1.54) is 24.4 Å². The zero-order valence-corrected chi connectivity index (χ0v) is 21.2. The molecule has 12 nitrogen and oxygen atoms in total. The first-order valence-electron chi connectivity index (χ1n) is 12.9. The van der Waals surface area contributed by atoms with Gasteiger partial charge >= 0.3 is 18.2 Å². The van der Waals surface area contributed by atoms with Crippen molar-refractivity contribution in [1.82, 2.24) is 24.8 Å². The van der Waals surface area contributed by atoms with Gasteiger partial charge in [-0.15, -0.1) is 13.2 Å². The van der Waals surface area contributed by atoms with E-state index in [0.717, 1.165) is 18.4 Å². The van der Waals surface area contributed by atoms with E-state index in [1.807, 2.05) is 0 Å². The monoisotopic (exact) mass is 561 g/mol. The number of alkyl halides is 3. The van der Waals surface area contributed by atoms with Crippen LogP contribution in [0.15, 0.2) is 42.9 Å². The fourth-order valence-corrected chi connectivity index (χ4v) is 5.63. The van der Waals surface area contributed by atoms with Gasteiger partial charge in [-0.25, -0.2) is 9.97 Å². The first-order valence-corrected chi connectivity index (χ1v) is 12.9. The Kier molecular flexibility index (Phi) is 6.82. The van der Waals surface area contributed by atoms with Crippen molar-refractivity contribution in [2.45, 2.75) is 69.4 Å². The molecule has 2 saturated heterocycles. The summed E-state index contributed by atoms with van der Waals surface area (Å²) in [6.07, 6.45) is 3.38. The highest BCUT2D eigenvalue weighted by molar-refractivity contribution is 5.38. The number of nitrogens with one attached hydrogen (secondary N) is 1. The molecule has 40 heavy (non-hydrogen) atoms. The molecule has 6 rings (SSSR count). The number of aromatic nitrogens is 4. The molecule has 2 aromatic heterocycles. The number of ether oxygens (including phenoxy) is 3. The van der Waals surface area contributed by atoms with E-state index in [0.29, 0.717) is 44.2 Å². The number of benzene rings is 1. The summed E-state index contributed by atoms with van der Waals surface area (Å²) in [5, 5.41) is 14.3. The second kappa shape index (κ2) is 10.4. The van der Waals surface area contributed by atoms with E-state index >= 15 is 0 Å². The molecule has 1 N–H and O–H groups in total. The molecular weight excluding hydrogens is 535 g/mol. The Morgan fingerprint density at radius 1 is 1.15 bits per heavy atom. The Balaban J connectivity index is 1.02. The highest BCUT2D eigenvalue weighted by Gasteiger charge is 2.43. The smallest absolute Gasteiger partial charge is 0.490 e. The third kappa shape index (κ3) is 5.73. The molecule has 3 aliphatic heterocycles. The maximum atomic E-state index is 12.6. The van der Waals surface area contributed by atoms with Crippen LogP contribution in [0.1, 0.15) is 31.2 Å². The third-order valence-corrected chi connectivity index (χ3v) is 7.29. The lowest BCUT2D eigenvalue weighted by atomic mass is 10.00. The quantitative estimate of drug-likeness (QED) is 0.322. The highest BCUT2D eigenvalue weighted by atomic mass is 19.4. The number of anilines is 1. The van der Waals surface area contributed by atoms with Crippen LogP contribution >= 0.6 is 0 Å². The summed E-state index contributed by atoms with van der Waals surface area (Å²) in [5.74, 6) is 0.444. The Hall–Kier alpha value is -4.14. The summed E-state index contributed by atoms with van der Waals surface area (Å²) in [5.41, 5.74) is 0.887. The van der Waals surface area contributed by atoms with Gasteiger partial charge in [-0.05, 0) is 29.9 Å². The molecule has 3 aromatic rings. The van der Waals surface area contributed by atoms with Gasteiger partial charge in [-0.3, -0.25) is 4.57 Å². The number of piperidine rings is 1. The van der Waals surface area contributed by atoms with Gasteiger partial charge in [0.1, 0.15) is 30.4 Å². The molecule has 15 heteroatoms. The van der Waals surface area contributed by atoms with Crippen LogP contribution in [0.2, 0.25) is 0 Å². The molecule has 5 heterocycles. The topological polar surface area (TPSA) is 130 Å². The van der Waals surface area contributed by atoms with Crippen molar-refractivity contribution < 1.29 is 32.3 Å². The Labute approximate surface area is 226 Å². The van der Waals surface area contributed by atoms with E-state index in [-0.39, 0.29) is 41.8 Å². The molecule has 0 saturated carbocycles. The minimum atomic E-state index is -4.76. The van der Waals surface area contributed by atoms with Gasteiger partial charge in [0, 0.05) is 67.0 Å². The van der Waals surface area contributed by atoms with Gasteiger partial charge in [0.2, 0.25) is 5.95 Å². The van der Waals surface area contributed by atoms with Gasteiger partial charge in [0.25, 0.3) is 0 Å². The number of nitro groups is 1. The van der Waals surface area contributed by atoms with E-state index in [4.69, 9.17) is 9.47 Å². The summed E-state index contributed by atoms with van der Waals surface area (Å²) >= 11 is 0. The largest absolute Gasteiger partial charge is 0.573 e. The maximum Gasteiger partial charge on any atom is 0.573 e. The fraction of sp³-hybridized carbons (Fsp3) is 0.480. The summed E-state index contributed by atoms with van der Waals surface area (Å²) in [6.45, 7) is 1.34. The standard InChI is InChI=1S/C25H26F3N7O5/c26-25(27,28)40-20-3-1-2-19(8-20)39-21-6-17-4-5-18(7-21)34(17)23-30-10-15(11-31-23)9-29-16-12-33-13-22(35(36)37)32-24(33)38-14-16/h1-3,8,10-11,13,16-18,21,29H,4-7,9,12,14H2/t16-,17?,18?,21?/m0/s1. The third-order valence-electron chi connectivity index (χ3n) is 7.29. The van der Waals surface area contributed by atoms with Crippen LogP contribution in [0, 0.1) is 10.1 Å². The number of halogens is 3. The van der Waals surface area contributed by atoms with Crippen molar-refractivity contribution in [2.75, 3.05) is 11.5 Å². The zero-order chi connectivity index (χ0) is 27.9. The van der Waals surface area contributed by atoms with E-state index < -0.39 is 11.3 Å². The number of nitrogens with zero attached hydrogens (tertiary/aromatic N) is 6. The molecule has 2 fully saturated rings. The van der Waals surface area contributed by atoms with Crippen LogP contribution in [0.5, 0.6) is 17.5 Å². The molecule has 0 spiro atoms. The van der Waals surface area contributed by atoms with Crippen LogP contribution in [0.3, 0.4) is 0 Å². The van der Waals surface area contributed by atoms with Crippen molar-refractivity contribution in [3.8, 4) is 17.5 Å². The summed E-state index contributed by atoms with van der Waals surface area (Å²) in [4.78, 5) is 25.7. The normalized spacial score (nSPS) is 23.8. The minimum absolute atomic E-state index is 0.0587. The van der Waals surface area contributed by atoms with Gasteiger partial charge in [-0.1, -0.05) is 6.07 Å². The number of hydrogen-bond donors (Lipinski definition) is 1. The number of rotatable bonds is 8. The van der Waals surface area contributed by atoms with E-state index in [2.05, 4.69) is 29.9 Å². The molecule has 2 bridgehead atoms. The number of imidazole rings is 1. The average molecular weight is 562 g/mol. The first kappa shape index (κ1) is 26.1. The lowest BCUT2D eigenvalue weighted by molar-refractivity contribution is -0.389. The molecule has 0 radical (unpaired) electrons.